The molecule has 3 aromatic heterocycles. The van der Waals surface area contributed by atoms with Crippen LogP contribution in [0.3, 0.4) is 0 Å². The van der Waals surface area contributed by atoms with Crippen LogP contribution in [-0.2, 0) is 11.3 Å². The van der Waals surface area contributed by atoms with E-state index in [0.717, 1.165) is 58.5 Å². The first kappa shape index (κ1) is 21.4. The summed E-state index contributed by atoms with van der Waals surface area (Å²) in [6, 6.07) is 15.7. The van der Waals surface area contributed by atoms with Gasteiger partial charge >= 0.3 is 0 Å². The van der Waals surface area contributed by atoms with Crippen LogP contribution in [0.25, 0.3) is 11.4 Å². The van der Waals surface area contributed by atoms with Crippen molar-refractivity contribution < 1.29 is 9.57 Å². The quantitative estimate of drug-likeness (QED) is 0.287. The van der Waals surface area contributed by atoms with Crippen LogP contribution < -0.4 is 4.74 Å². The number of pyridine rings is 3. The van der Waals surface area contributed by atoms with Crippen LogP contribution in [0.4, 0.5) is 0 Å². The van der Waals surface area contributed by atoms with Crippen molar-refractivity contribution in [2.75, 3.05) is 13.2 Å². The summed E-state index contributed by atoms with van der Waals surface area (Å²) in [7, 11) is 0. The summed E-state index contributed by atoms with van der Waals surface area (Å²) in [6.07, 6.45) is 1.62. The predicted octanol–water partition coefficient (Wildman–Crippen LogP) is 4.93. The SMILES string of the molecule is CCOc1cc(C)nc(-c2cccc(CCCO/N=C(\C)c3cccc(C)n3)n2)c1. The van der Waals surface area contributed by atoms with E-state index in [-0.39, 0.29) is 0 Å². The van der Waals surface area contributed by atoms with Crippen molar-refractivity contribution in [1.29, 1.82) is 0 Å². The molecule has 3 aromatic rings. The summed E-state index contributed by atoms with van der Waals surface area (Å²) in [5.74, 6) is 0.817. The van der Waals surface area contributed by atoms with Gasteiger partial charge in [-0.1, -0.05) is 17.3 Å². The number of ether oxygens (including phenoxy) is 1. The Morgan fingerprint density at radius 3 is 2.57 bits per heavy atom. The number of hydrogen-bond acceptors (Lipinski definition) is 6. The minimum atomic E-state index is 0.520. The predicted molar refractivity (Wildman–Crippen MR) is 119 cm³/mol. The summed E-state index contributed by atoms with van der Waals surface area (Å²) >= 11 is 0. The molecule has 6 heteroatoms. The van der Waals surface area contributed by atoms with E-state index in [4.69, 9.17) is 14.6 Å². The second-order valence-corrected chi connectivity index (χ2v) is 7.05. The lowest BCUT2D eigenvalue weighted by Crippen LogP contribution is -2.02. The summed E-state index contributed by atoms with van der Waals surface area (Å²) in [4.78, 5) is 19.3. The highest BCUT2D eigenvalue weighted by atomic mass is 16.6. The average molecular weight is 405 g/mol. The zero-order chi connectivity index (χ0) is 21.3. The first-order valence-electron chi connectivity index (χ1n) is 10.2. The van der Waals surface area contributed by atoms with Gasteiger partial charge in [0.05, 0.1) is 23.7 Å². The van der Waals surface area contributed by atoms with E-state index in [1.807, 2.05) is 76.2 Å². The van der Waals surface area contributed by atoms with Crippen molar-refractivity contribution in [1.82, 2.24) is 15.0 Å². The van der Waals surface area contributed by atoms with E-state index in [1.165, 1.54) is 0 Å². The van der Waals surface area contributed by atoms with Crippen LogP contribution in [0.2, 0.25) is 0 Å². The lowest BCUT2D eigenvalue weighted by atomic mass is 10.1. The Kier molecular flexibility index (Phi) is 7.49. The van der Waals surface area contributed by atoms with Crippen molar-refractivity contribution in [3.8, 4) is 17.1 Å². The molecule has 3 rings (SSSR count). The molecule has 0 atom stereocenters. The van der Waals surface area contributed by atoms with Crippen LogP contribution in [-0.4, -0.2) is 33.9 Å². The number of oxime groups is 1. The Hall–Kier alpha value is -3.28. The zero-order valence-corrected chi connectivity index (χ0v) is 18.1. The Morgan fingerprint density at radius 1 is 0.933 bits per heavy atom. The molecule has 0 amide bonds. The van der Waals surface area contributed by atoms with Gasteiger partial charge in [-0.25, -0.2) is 0 Å². The van der Waals surface area contributed by atoms with Gasteiger partial charge in [-0.2, -0.15) is 0 Å². The minimum Gasteiger partial charge on any atom is -0.494 e. The van der Waals surface area contributed by atoms with Crippen molar-refractivity contribution >= 4 is 5.71 Å². The third-order valence-electron chi connectivity index (χ3n) is 4.44. The third-order valence-corrected chi connectivity index (χ3v) is 4.44. The van der Waals surface area contributed by atoms with Gasteiger partial charge in [-0.05, 0) is 64.8 Å². The van der Waals surface area contributed by atoms with Gasteiger partial charge in [0.15, 0.2) is 0 Å². The largest absolute Gasteiger partial charge is 0.494 e. The van der Waals surface area contributed by atoms with E-state index >= 15 is 0 Å². The summed E-state index contributed by atoms with van der Waals surface area (Å²) in [5, 5.41) is 4.18. The molecule has 0 aromatic carbocycles. The van der Waals surface area contributed by atoms with E-state index in [1.54, 1.807) is 0 Å². The monoisotopic (exact) mass is 404 g/mol. The first-order valence-corrected chi connectivity index (χ1v) is 10.2. The Balaban J connectivity index is 1.57. The van der Waals surface area contributed by atoms with Crippen LogP contribution in [0.5, 0.6) is 5.75 Å². The van der Waals surface area contributed by atoms with Crippen LogP contribution >= 0.6 is 0 Å². The maximum atomic E-state index is 5.63. The number of nitrogens with zero attached hydrogens (tertiary/aromatic N) is 4. The number of aromatic nitrogens is 3. The molecule has 0 spiro atoms. The van der Waals surface area contributed by atoms with E-state index in [2.05, 4.69) is 15.1 Å². The highest BCUT2D eigenvalue weighted by Crippen LogP contribution is 2.22. The number of hydrogen-bond donors (Lipinski definition) is 0. The van der Waals surface area contributed by atoms with Gasteiger partial charge in [-0.15, -0.1) is 0 Å². The molecule has 0 saturated carbocycles. The van der Waals surface area contributed by atoms with Crippen molar-refractivity contribution in [2.45, 2.75) is 40.5 Å². The van der Waals surface area contributed by atoms with Gasteiger partial charge in [0.1, 0.15) is 18.1 Å². The molecular formula is C24H28N4O2. The van der Waals surface area contributed by atoms with Gasteiger partial charge in [0, 0.05) is 29.2 Å². The Morgan fingerprint density at radius 2 is 1.77 bits per heavy atom. The van der Waals surface area contributed by atoms with Crippen molar-refractivity contribution in [3.63, 3.8) is 0 Å². The minimum absolute atomic E-state index is 0.520. The molecule has 0 N–H and O–H groups in total. The smallest absolute Gasteiger partial charge is 0.123 e. The highest BCUT2D eigenvalue weighted by Gasteiger charge is 2.07. The standard InChI is InChI=1S/C24H28N4O2/c1-5-29-21-15-18(3)26-24(16-21)23-13-7-10-20(27-23)11-8-14-30-28-19(4)22-12-6-9-17(2)25-22/h6-7,9-10,12-13,15-16H,5,8,11,14H2,1-4H3/b28-19+. The van der Waals surface area contributed by atoms with Crippen LogP contribution in [0.15, 0.2) is 53.7 Å². The normalized spacial score (nSPS) is 11.4. The van der Waals surface area contributed by atoms with Gasteiger partial charge in [-0.3, -0.25) is 15.0 Å². The number of aryl methyl sites for hydroxylation is 3. The van der Waals surface area contributed by atoms with E-state index < -0.39 is 0 Å². The molecule has 0 aliphatic heterocycles. The molecule has 0 unspecified atom stereocenters. The molecular weight excluding hydrogens is 376 g/mol. The third kappa shape index (κ3) is 6.11. The molecule has 0 radical (unpaired) electrons. The van der Waals surface area contributed by atoms with E-state index in [0.29, 0.717) is 13.2 Å². The van der Waals surface area contributed by atoms with Crippen molar-refractivity contribution in [3.05, 3.63) is 71.3 Å². The molecule has 0 aliphatic rings. The molecule has 0 aliphatic carbocycles. The number of rotatable bonds is 9. The molecule has 6 nitrogen and oxygen atoms in total. The molecule has 3 heterocycles. The van der Waals surface area contributed by atoms with Gasteiger partial charge in [0.2, 0.25) is 0 Å². The lowest BCUT2D eigenvalue weighted by Gasteiger charge is -2.08. The zero-order valence-electron chi connectivity index (χ0n) is 18.1. The molecule has 0 fully saturated rings. The van der Waals surface area contributed by atoms with E-state index in [9.17, 15) is 0 Å². The maximum Gasteiger partial charge on any atom is 0.123 e. The average Bonchev–Trinajstić information content (AvgIpc) is 2.73. The second kappa shape index (κ2) is 10.5. The van der Waals surface area contributed by atoms with Crippen LogP contribution in [0, 0.1) is 13.8 Å². The highest BCUT2D eigenvalue weighted by molar-refractivity contribution is 5.96. The fraction of sp³-hybridized carbons (Fsp3) is 0.333. The summed E-state index contributed by atoms with van der Waals surface area (Å²) in [5.41, 5.74) is 6.14. The Labute approximate surface area is 178 Å². The first-order chi connectivity index (χ1) is 14.5. The topological polar surface area (TPSA) is 69.5 Å². The summed E-state index contributed by atoms with van der Waals surface area (Å²) < 4.78 is 5.63. The lowest BCUT2D eigenvalue weighted by molar-refractivity contribution is 0.141. The summed E-state index contributed by atoms with van der Waals surface area (Å²) in [6.45, 7) is 8.94. The fourth-order valence-corrected chi connectivity index (χ4v) is 3.03. The molecule has 0 bridgehead atoms. The van der Waals surface area contributed by atoms with Crippen LogP contribution in [0.1, 0.15) is 43.0 Å². The molecule has 156 valence electrons. The van der Waals surface area contributed by atoms with Crippen molar-refractivity contribution in [2.24, 2.45) is 5.16 Å². The fourth-order valence-electron chi connectivity index (χ4n) is 3.03. The van der Waals surface area contributed by atoms with Gasteiger partial charge in [0.25, 0.3) is 0 Å². The maximum absolute atomic E-state index is 5.63. The molecule has 0 saturated heterocycles. The Bertz CT molecular complexity index is 1020. The van der Waals surface area contributed by atoms with Gasteiger partial charge < -0.3 is 9.57 Å². The second-order valence-electron chi connectivity index (χ2n) is 7.05. The molecule has 30 heavy (non-hydrogen) atoms.